The van der Waals surface area contributed by atoms with Crippen LogP contribution in [0.3, 0.4) is 0 Å². The van der Waals surface area contributed by atoms with Gasteiger partial charge in [0.25, 0.3) is 5.91 Å². The molecule has 0 aliphatic heterocycles. The van der Waals surface area contributed by atoms with Gasteiger partial charge in [-0.1, -0.05) is 6.07 Å². The maximum atomic E-state index is 12.4. The minimum absolute atomic E-state index is 0.174. The monoisotopic (exact) mass is 348 g/mol. The van der Waals surface area contributed by atoms with Crippen LogP contribution in [0.2, 0.25) is 0 Å². The van der Waals surface area contributed by atoms with Crippen molar-refractivity contribution in [2.45, 2.75) is 6.92 Å². The van der Waals surface area contributed by atoms with Crippen LogP contribution in [-0.2, 0) is 0 Å². The number of nitrogens with zero attached hydrogens (tertiary/aromatic N) is 3. The van der Waals surface area contributed by atoms with Crippen molar-refractivity contribution in [3.63, 3.8) is 0 Å². The van der Waals surface area contributed by atoms with E-state index in [-0.39, 0.29) is 5.91 Å². The molecule has 0 bridgehead atoms. The van der Waals surface area contributed by atoms with E-state index in [4.69, 9.17) is 4.74 Å². The van der Waals surface area contributed by atoms with Crippen molar-refractivity contribution in [3.05, 3.63) is 72.4 Å². The minimum Gasteiger partial charge on any atom is -0.437 e. The Morgan fingerprint density at radius 2 is 1.92 bits per heavy atom. The van der Waals surface area contributed by atoms with Crippen molar-refractivity contribution in [1.29, 1.82) is 0 Å². The summed E-state index contributed by atoms with van der Waals surface area (Å²) in [4.78, 5) is 14.6. The molecule has 1 amide bonds. The van der Waals surface area contributed by atoms with Crippen molar-refractivity contribution in [2.75, 3.05) is 23.8 Å². The summed E-state index contributed by atoms with van der Waals surface area (Å²) in [6.07, 6.45) is 1.58. The van der Waals surface area contributed by atoms with Crippen LogP contribution in [-0.4, -0.2) is 29.7 Å². The lowest BCUT2D eigenvalue weighted by atomic mass is 10.1. The summed E-state index contributed by atoms with van der Waals surface area (Å²) in [5, 5.41) is 10.5. The number of amides is 1. The molecule has 0 unspecified atom stereocenters. The number of ether oxygens (including phenoxy) is 1. The third-order valence-corrected chi connectivity index (χ3v) is 3.91. The smallest absolute Gasteiger partial charge is 0.255 e. The minimum atomic E-state index is -0.174. The maximum Gasteiger partial charge on any atom is 0.255 e. The predicted molar refractivity (Wildman–Crippen MR) is 102 cm³/mol. The molecule has 6 nitrogen and oxygen atoms in total. The average molecular weight is 348 g/mol. The molecular weight excluding hydrogens is 328 g/mol. The highest BCUT2D eigenvalue weighted by Crippen LogP contribution is 2.23. The van der Waals surface area contributed by atoms with Crippen LogP contribution >= 0.6 is 0 Å². The van der Waals surface area contributed by atoms with Gasteiger partial charge in [0, 0.05) is 48.9 Å². The van der Waals surface area contributed by atoms with Gasteiger partial charge in [-0.25, -0.2) is 0 Å². The average Bonchev–Trinajstić information content (AvgIpc) is 2.68. The van der Waals surface area contributed by atoms with E-state index in [0.717, 1.165) is 12.2 Å². The fourth-order valence-corrected chi connectivity index (χ4v) is 2.35. The SMILES string of the molecule is CCN(C)c1ccc(C(=O)Nc2cccc(Oc3cccnn3)c2)cc1. The Bertz CT molecular complexity index is 866. The molecular formula is C20H20N4O2. The second kappa shape index (κ2) is 8.11. The van der Waals surface area contributed by atoms with Crippen LogP contribution in [0.25, 0.3) is 0 Å². The Morgan fingerprint density at radius 1 is 1.12 bits per heavy atom. The molecule has 0 aliphatic rings. The van der Waals surface area contributed by atoms with Crippen LogP contribution in [0, 0.1) is 0 Å². The number of nitrogens with one attached hydrogen (secondary N) is 1. The summed E-state index contributed by atoms with van der Waals surface area (Å²) < 4.78 is 5.63. The second-order valence-corrected chi connectivity index (χ2v) is 5.71. The number of aromatic nitrogens is 2. The summed E-state index contributed by atoms with van der Waals surface area (Å²) in [6, 6.07) is 18.1. The Labute approximate surface area is 152 Å². The van der Waals surface area contributed by atoms with Gasteiger partial charge in [-0.2, -0.15) is 5.10 Å². The van der Waals surface area contributed by atoms with Gasteiger partial charge in [0.15, 0.2) is 0 Å². The summed E-state index contributed by atoms with van der Waals surface area (Å²) in [5.74, 6) is 0.794. The zero-order valence-corrected chi connectivity index (χ0v) is 14.7. The topological polar surface area (TPSA) is 67.4 Å². The van der Waals surface area contributed by atoms with E-state index in [1.165, 1.54) is 0 Å². The molecule has 0 spiro atoms. The molecule has 0 saturated heterocycles. The standard InChI is InChI=1S/C20H20N4O2/c1-3-24(2)17-11-9-15(10-12-17)20(25)22-16-6-4-7-18(14-16)26-19-8-5-13-21-23-19/h4-14H,3H2,1-2H3,(H,22,25). The number of carbonyl (C=O) groups excluding carboxylic acids is 1. The molecule has 0 fully saturated rings. The van der Waals surface area contributed by atoms with E-state index >= 15 is 0 Å². The molecule has 0 aliphatic carbocycles. The summed E-state index contributed by atoms with van der Waals surface area (Å²) in [5.41, 5.74) is 2.31. The molecule has 0 atom stereocenters. The molecule has 1 aromatic heterocycles. The van der Waals surface area contributed by atoms with E-state index < -0.39 is 0 Å². The Balaban J connectivity index is 1.68. The fourth-order valence-electron chi connectivity index (χ4n) is 2.35. The quantitative estimate of drug-likeness (QED) is 0.730. The van der Waals surface area contributed by atoms with E-state index in [2.05, 4.69) is 27.3 Å². The number of anilines is 2. The third-order valence-electron chi connectivity index (χ3n) is 3.91. The van der Waals surface area contributed by atoms with E-state index in [0.29, 0.717) is 22.9 Å². The van der Waals surface area contributed by atoms with Gasteiger partial charge < -0.3 is 15.0 Å². The molecule has 132 valence electrons. The predicted octanol–water partition coefficient (Wildman–Crippen LogP) is 3.98. The van der Waals surface area contributed by atoms with E-state index in [1.54, 1.807) is 42.6 Å². The largest absolute Gasteiger partial charge is 0.437 e. The first-order chi connectivity index (χ1) is 12.7. The first-order valence-corrected chi connectivity index (χ1v) is 8.34. The van der Waals surface area contributed by atoms with Gasteiger partial charge in [0.05, 0.1) is 0 Å². The first kappa shape index (κ1) is 17.4. The normalized spacial score (nSPS) is 10.2. The molecule has 3 rings (SSSR count). The third kappa shape index (κ3) is 4.36. The van der Waals surface area contributed by atoms with Gasteiger partial charge in [-0.15, -0.1) is 5.10 Å². The Kier molecular flexibility index (Phi) is 5.43. The van der Waals surface area contributed by atoms with Gasteiger partial charge in [-0.05, 0) is 49.4 Å². The lowest BCUT2D eigenvalue weighted by Gasteiger charge is -2.16. The van der Waals surface area contributed by atoms with Gasteiger partial charge in [0.1, 0.15) is 5.75 Å². The van der Waals surface area contributed by atoms with E-state index in [9.17, 15) is 4.79 Å². The van der Waals surface area contributed by atoms with Crippen molar-refractivity contribution in [2.24, 2.45) is 0 Å². The number of hydrogen-bond donors (Lipinski definition) is 1. The molecule has 0 saturated carbocycles. The zero-order valence-electron chi connectivity index (χ0n) is 14.7. The highest BCUT2D eigenvalue weighted by molar-refractivity contribution is 6.04. The van der Waals surface area contributed by atoms with E-state index in [1.807, 2.05) is 31.3 Å². The number of hydrogen-bond acceptors (Lipinski definition) is 5. The van der Waals surface area contributed by atoms with Crippen molar-refractivity contribution in [1.82, 2.24) is 10.2 Å². The van der Waals surface area contributed by atoms with Crippen LogP contribution < -0.4 is 15.0 Å². The summed E-state index contributed by atoms with van der Waals surface area (Å²) in [6.45, 7) is 2.99. The maximum absolute atomic E-state index is 12.4. The Hall–Kier alpha value is -3.41. The van der Waals surface area contributed by atoms with Crippen LogP contribution in [0.15, 0.2) is 66.9 Å². The Morgan fingerprint density at radius 3 is 2.62 bits per heavy atom. The van der Waals surface area contributed by atoms with Crippen LogP contribution in [0.4, 0.5) is 11.4 Å². The second-order valence-electron chi connectivity index (χ2n) is 5.71. The fraction of sp³-hybridized carbons (Fsp3) is 0.150. The summed E-state index contributed by atoms with van der Waals surface area (Å²) in [7, 11) is 2.01. The molecule has 1 heterocycles. The number of carbonyl (C=O) groups is 1. The first-order valence-electron chi connectivity index (χ1n) is 8.34. The highest BCUT2D eigenvalue weighted by Gasteiger charge is 2.08. The summed E-state index contributed by atoms with van der Waals surface area (Å²) >= 11 is 0. The lowest BCUT2D eigenvalue weighted by Crippen LogP contribution is -2.16. The van der Waals surface area contributed by atoms with Gasteiger partial charge in [0.2, 0.25) is 5.88 Å². The van der Waals surface area contributed by atoms with Crippen molar-refractivity contribution in [3.8, 4) is 11.6 Å². The number of benzene rings is 2. The molecule has 6 heteroatoms. The van der Waals surface area contributed by atoms with Crippen molar-refractivity contribution >= 4 is 17.3 Å². The van der Waals surface area contributed by atoms with Crippen molar-refractivity contribution < 1.29 is 9.53 Å². The number of rotatable bonds is 6. The zero-order chi connectivity index (χ0) is 18.4. The molecule has 26 heavy (non-hydrogen) atoms. The van der Waals surface area contributed by atoms with Crippen LogP contribution in [0.5, 0.6) is 11.6 Å². The van der Waals surface area contributed by atoms with Crippen LogP contribution in [0.1, 0.15) is 17.3 Å². The molecule has 1 N–H and O–H groups in total. The van der Waals surface area contributed by atoms with Gasteiger partial charge >= 0.3 is 0 Å². The molecule has 2 aromatic carbocycles. The molecule has 3 aromatic rings. The lowest BCUT2D eigenvalue weighted by molar-refractivity contribution is 0.102. The van der Waals surface area contributed by atoms with Gasteiger partial charge in [-0.3, -0.25) is 4.79 Å². The highest BCUT2D eigenvalue weighted by atomic mass is 16.5. The molecule has 0 radical (unpaired) electrons.